The number of aliphatic hydroxyl groups is 1. The average Bonchev–Trinajstić information content (AvgIpc) is 3.06. The molecule has 3 rings (SSSR count). The van der Waals surface area contributed by atoms with Crippen molar-refractivity contribution in [3.8, 4) is 11.3 Å². The molecule has 0 spiro atoms. The average molecular weight is 329 g/mol. The molecular formula is C19H27N3O2. The van der Waals surface area contributed by atoms with Crippen molar-refractivity contribution in [3.63, 3.8) is 0 Å². The normalized spacial score (nSPS) is 16.8. The van der Waals surface area contributed by atoms with Crippen molar-refractivity contribution in [1.29, 1.82) is 0 Å². The number of rotatable bonds is 7. The van der Waals surface area contributed by atoms with Gasteiger partial charge in [0.2, 0.25) is 5.89 Å². The van der Waals surface area contributed by atoms with Crippen LogP contribution in [0.2, 0.25) is 0 Å². The molecule has 0 saturated carbocycles. The zero-order valence-electron chi connectivity index (χ0n) is 14.4. The molecule has 24 heavy (non-hydrogen) atoms. The van der Waals surface area contributed by atoms with Crippen molar-refractivity contribution < 1.29 is 9.52 Å². The van der Waals surface area contributed by atoms with E-state index in [4.69, 9.17) is 9.52 Å². The van der Waals surface area contributed by atoms with Gasteiger partial charge in [-0.05, 0) is 38.9 Å². The molecule has 0 atom stereocenters. The Morgan fingerprint density at radius 3 is 2.71 bits per heavy atom. The van der Waals surface area contributed by atoms with Crippen molar-refractivity contribution in [2.75, 3.05) is 39.8 Å². The molecule has 2 aromatic rings. The molecule has 1 N–H and O–H groups in total. The van der Waals surface area contributed by atoms with Gasteiger partial charge in [-0.1, -0.05) is 30.3 Å². The first-order valence-corrected chi connectivity index (χ1v) is 8.76. The lowest BCUT2D eigenvalue weighted by atomic mass is 9.96. The smallest absolute Gasteiger partial charge is 0.209 e. The van der Waals surface area contributed by atoms with Gasteiger partial charge in [0.1, 0.15) is 0 Å². The molecule has 0 radical (unpaired) electrons. The molecule has 130 valence electrons. The summed E-state index contributed by atoms with van der Waals surface area (Å²) < 4.78 is 5.89. The lowest BCUT2D eigenvalue weighted by Gasteiger charge is -2.33. The summed E-state index contributed by atoms with van der Waals surface area (Å²) in [7, 11) is 2.13. The zero-order valence-corrected chi connectivity index (χ0v) is 14.4. The monoisotopic (exact) mass is 329 g/mol. The third-order valence-electron chi connectivity index (χ3n) is 4.71. The van der Waals surface area contributed by atoms with Crippen LogP contribution in [0.4, 0.5) is 0 Å². The van der Waals surface area contributed by atoms with E-state index >= 15 is 0 Å². The van der Waals surface area contributed by atoms with Gasteiger partial charge in [-0.3, -0.25) is 4.90 Å². The molecule has 5 heteroatoms. The van der Waals surface area contributed by atoms with Crippen molar-refractivity contribution in [2.24, 2.45) is 5.92 Å². The van der Waals surface area contributed by atoms with Crippen LogP contribution in [0.5, 0.6) is 0 Å². The highest BCUT2D eigenvalue weighted by molar-refractivity contribution is 5.55. The molecule has 1 fully saturated rings. The number of oxazole rings is 1. The predicted molar refractivity (Wildman–Crippen MR) is 94.5 cm³/mol. The van der Waals surface area contributed by atoms with Crippen LogP contribution >= 0.6 is 0 Å². The number of hydrogen-bond donors (Lipinski definition) is 1. The molecule has 0 unspecified atom stereocenters. The van der Waals surface area contributed by atoms with E-state index in [2.05, 4.69) is 21.8 Å². The molecule has 0 aliphatic carbocycles. The Morgan fingerprint density at radius 2 is 2.00 bits per heavy atom. The van der Waals surface area contributed by atoms with Crippen molar-refractivity contribution in [2.45, 2.75) is 19.4 Å². The van der Waals surface area contributed by atoms with Crippen LogP contribution < -0.4 is 0 Å². The van der Waals surface area contributed by atoms with Crippen LogP contribution in [-0.4, -0.2) is 59.7 Å². The van der Waals surface area contributed by atoms with Gasteiger partial charge in [-0.2, -0.15) is 0 Å². The van der Waals surface area contributed by atoms with E-state index in [9.17, 15) is 0 Å². The molecule has 1 aromatic heterocycles. The number of β-amino-alcohol motifs (C(OH)–C–C–N with tert-alkyl or cyclic N) is 1. The number of likely N-dealkylation sites (tertiary alicyclic amines) is 1. The van der Waals surface area contributed by atoms with Gasteiger partial charge in [-0.15, -0.1) is 0 Å². The van der Waals surface area contributed by atoms with Crippen LogP contribution in [-0.2, 0) is 6.54 Å². The SMILES string of the molecule is CN(Cc1ncc(-c2ccccc2)o1)CC1CCN(CCO)CC1. The number of hydrogen-bond acceptors (Lipinski definition) is 5. The van der Waals surface area contributed by atoms with E-state index in [0.717, 1.165) is 49.9 Å². The van der Waals surface area contributed by atoms with Crippen LogP contribution in [0.25, 0.3) is 11.3 Å². The van der Waals surface area contributed by atoms with Gasteiger partial charge >= 0.3 is 0 Å². The summed E-state index contributed by atoms with van der Waals surface area (Å²) in [6.45, 7) is 5.06. The fraction of sp³-hybridized carbons (Fsp3) is 0.526. The fourth-order valence-corrected chi connectivity index (χ4v) is 3.39. The molecule has 1 aromatic carbocycles. The van der Waals surface area contributed by atoms with Gasteiger partial charge in [0, 0.05) is 18.7 Å². The minimum Gasteiger partial charge on any atom is -0.439 e. The minimum absolute atomic E-state index is 0.262. The van der Waals surface area contributed by atoms with Crippen LogP contribution in [0.15, 0.2) is 40.9 Å². The highest BCUT2D eigenvalue weighted by Crippen LogP contribution is 2.21. The second kappa shape index (κ2) is 8.42. The van der Waals surface area contributed by atoms with Gasteiger partial charge < -0.3 is 14.4 Å². The number of aromatic nitrogens is 1. The summed E-state index contributed by atoms with van der Waals surface area (Å²) in [5.74, 6) is 2.32. The third kappa shape index (κ3) is 4.66. The molecule has 1 saturated heterocycles. The van der Waals surface area contributed by atoms with E-state index < -0.39 is 0 Å². The van der Waals surface area contributed by atoms with Crippen molar-refractivity contribution in [3.05, 3.63) is 42.4 Å². The Kier molecular flexibility index (Phi) is 6.01. The zero-order chi connectivity index (χ0) is 16.8. The molecule has 2 heterocycles. The van der Waals surface area contributed by atoms with E-state index in [1.54, 1.807) is 0 Å². The quantitative estimate of drug-likeness (QED) is 0.846. The minimum atomic E-state index is 0.262. The standard InChI is InChI=1S/C19H27N3O2/c1-21(14-16-7-9-22(10-8-16)11-12-23)15-19-20-13-18(24-19)17-5-3-2-4-6-17/h2-6,13,16,23H,7-12,14-15H2,1H3. The van der Waals surface area contributed by atoms with Crippen molar-refractivity contribution >= 4 is 0 Å². The first-order chi connectivity index (χ1) is 11.7. The fourth-order valence-electron chi connectivity index (χ4n) is 3.39. The largest absolute Gasteiger partial charge is 0.439 e. The summed E-state index contributed by atoms with van der Waals surface area (Å²) >= 11 is 0. The summed E-state index contributed by atoms with van der Waals surface area (Å²) in [5.41, 5.74) is 1.06. The maximum atomic E-state index is 9.01. The summed E-state index contributed by atoms with van der Waals surface area (Å²) in [4.78, 5) is 9.06. The first-order valence-electron chi connectivity index (χ1n) is 8.76. The van der Waals surface area contributed by atoms with Crippen molar-refractivity contribution in [1.82, 2.24) is 14.8 Å². The summed E-state index contributed by atoms with van der Waals surface area (Å²) in [5, 5.41) is 9.01. The molecule has 0 bridgehead atoms. The van der Waals surface area contributed by atoms with E-state index in [1.165, 1.54) is 12.8 Å². The molecular weight excluding hydrogens is 302 g/mol. The highest BCUT2D eigenvalue weighted by atomic mass is 16.4. The van der Waals surface area contributed by atoms with Crippen LogP contribution in [0.1, 0.15) is 18.7 Å². The molecule has 1 aliphatic heterocycles. The Hall–Kier alpha value is -1.69. The van der Waals surface area contributed by atoms with Crippen LogP contribution in [0, 0.1) is 5.92 Å². The third-order valence-corrected chi connectivity index (χ3v) is 4.71. The van der Waals surface area contributed by atoms with E-state index in [-0.39, 0.29) is 6.61 Å². The van der Waals surface area contributed by atoms with Gasteiger partial charge in [0.25, 0.3) is 0 Å². The van der Waals surface area contributed by atoms with Crippen LogP contribution in [0.3, 0.4) is 0 Å². The van der Waals surface area contributed by atoms with Gasteiger partial charge in [0.15, 0.2) is 5.76 Å². The summed E-state index contributed by atoms with van der Waals surface area (Å²) in [6.07, 6.45) is 4.21. The maximum Gasteiger partial charge on any atom is 0.209 e. The van der Waals surface area contributed by atoms with Gasteiger partial charge in [-0.25, -0.2) is 4.98 Å². The highest BCUT2D eigenvalue weighted by Gasteiger charge is 2.20. The lowest BCUT2D eigenvalue weighted by Crippen LogP contribution is -2.38. The Balaban J connectivity index is 1.47. The Labute approximate surface area is 143 Å². The molecule has 0 amide bonds. The predicted octanol–water partition coefficient (Wildman–Crippen LogP) is 2.48. The molecule has 5 nitrogen and oxygen atoms in total. The lowest BCUT2D eigenvalue weighted by molar-refractivity contribution is 0.127. The van der Waals surface area contributed by atoms with E-state index in [0.29, 0.717) is 5.92 Å². The number of benzene rings is 1. The second-order valence-corrected chi connectivity index (χ2v) is 6.69. The summed E-state index contributed by atoms with van der Waals surface area (Å²) in [6, 6.07) is 10.1. The maximum absolute atomic E-state index is 9.01. The topological polar surface area (TPSA) is 52.7 Å². The number of nitrogens with zero attached hydrogens (tertiary/aromatic N) is 3. The Morgan fingerprint density at radius 1 is 1.25 bits per heavy atom. The first kappa shape index (κ1) is 17.1. The van der Waals surface area contributed by atoms with E-state index in [1.807, 2.05) is 36.5 Å². The number of piperidine rings is 1. The second-order valence-electron chi connectivity index (χ2n) is 6.69. The molecule has 1 aliphatic rings. The Bertz CT molecular complexity index is 606. The number of aliphatic hydroxyl groups excluding tert-OH is 1. The van der Waals surface area contributed by atoms with Gasteiger partial charge in [0.05, 0.1) is 19.3 Å².